The van der Waals surface area contributed by atoms with Gasteiger partial charge in [0.25, 0.3) is 0 Å². The van der Waals surface area contributed by atoms with Crippen LogP contribution in [0.3, 0.4) is 0 Å². The number of aliphatic hydroxyl groups excluding tert-OH is 1. The maximum Gasteiger partial charge on any atom is 0.125 e. The van der Waals surface area contributed by atoms with E-state index in [4.69, 9.17) is 0 Å². The fourth-order valence-electron chi connectivity index (χ4n) is 2.36. The van der Waals surface area contributed by atoms with Crippen molar-refractivity contribution in [2.75, 3.05) is 23.4 Å². The molecule has 0 aliphatic carbocycles. The highest BCUT2D eigenvalue weighted by molar-refractivity contribution is 7.99. The van der Waals surface area contributed by atoms with Crippen LogP contribution in [-0.4, -0.2) is 28.8 Å². The first kappa shape index (κ1) is 13.7. The van der Waals surface area contributed by atoms with Gasteiger partial charge in [-0.3, -0.25) is 0 Å². The van der Waals surface area contributed by atoms with E-state index in [0.29, 0.717) is 0 Å². The normalized spacial score (nSPS) is 26.9. The molecule has 4 heteroatoms. The average molecular weight is 269 g/mol. The van der Waals surface area contributed by atoms with E-state index in [2.05, 4.69) is 19.2 Å². The molecule has 1 saturated heterocycles. The Morgan fingerprint density at radius 1 is 1.44 bits per heavy atom. The number of rotatable bonds is 3. The molecule has 1 aliphatic rings. The van der Waals surface area contributed by atoms with Crippen molar-refractivity contribution >= 4 is 17.4 Å². The average Bonchev–Trinajstić information content (AvgIpc) is 2.32. The molecular weight excluding hydrogens is 249 g/mol. The van der Waals surface area contributed by atoms with Crippen molar-refractivity contribution < 1.29 is 9.50 Å². The second-order valence-corrected chi connectivity index (χ2v) is 6.67. The second kappa shape index (κ2) is 5.10. The molecule has 0 spiro atoms. The van der Waals surface area contributed by atoms with Crippen molar-refractivity contribution in [3.63, 3.8) is 0 Å². The monoisotopic (exact) mass is 269 g/mol. The van der Waals surface area contributed by atoms with Crippen LogP contribution in [0.25, 0.3) is 0 Å². The third kappa shape index (κ3) is 2.50. The van der Waals surface area contributed by atoms with E-state index in [9.17, 15) is 9.50 Å². The molecule has 100 valence electrons. The minimum atomic E-state index is -0.385. The predicted molar refractivity (Wildman–Crippen MR) is 75.6 cm³/mol. The molecule has 0 bridgehead atoms. The third-order valence-electron chi connectivity index (χ3n) is 3.99. The Morgan fingerprint density at radius 3 is 2.83 bits per heavy atom. The van der Waals surface area contributed by atoms with Crippen molar-refractivity contribution in [3.8, 4) is 0 Å². The van der Waals surface area contributed by atoms with Gasteiger partial charge in [-0.25, -0.2) is 4.39 Å². The molecule has 0 aromatic heterocycles. The van der Waals surface area contributed by atoms with Crippen LogP contribution in [0.5, 0.6) is 0 Å². The van der Waals surface area contributed by atoms with Gasteiger partial charge in [0.1, 0.15) is 5.82 Å². The van der Waals surface area contributed by atoms with Crippen LogP contribution in [0, 0.1) is 11.2 Å². The van der Waals surface area contributed by atoms with Crippen molar-refractivity contribution in [1.82, 2.24) is 0 Å². The van der Waals surface area contributed by atoms with E-state index in [1.807, 2.05) is 17.8 Å². The van der Waals surface area contributed by atoms with Crippen LogP contribution >= 0.6 is 11.8 Å². The smallest absolute Gasteiger partial charge is 0.125 e. The quantitative estimate of drug-likeness (QED) is 0.884. The number of hydrogen-bond donors (Lipinski definition) is 2. The fraction of sp³-hybridized carbons (Fsp3) is 0.571. The van der Waals surface area contributed by atoms with Gasteiger partial charge in [-0.1, -0.05) is 19.9 Å². The highest BCUT2D eigenvalue weighted by Gasteiger charge is 2.46. The summed E-state index contributed by atoms with van der Waals surface area (Å²) in [4.78, 5) is 0. The van der Waals surface area contributed by atoms with Crippen molar-refractivity contribution in [1.29, 1.82) is 0 Å². The molecule has 1 aliphatic heterocycles. The lowest BCUT2D eigenvalue weighted by Gasteiger charge is -2.50. The highest BCUT2D eigenvalue weighted by atomic mass is 32.2. The number of thioether (sulfide) groups is 1. The van der Waals surface area contributed by atoms with E-state index in [-0.39, 0.29) is 23.4 Å². The Balaban J connectivity index is 2.27. The molecule has 1 atom stereocenters. The van der Waals surface area contributed by atoms with Crippen molar-refractivity contribution in [3.05, 3.63) is 30.1 Å². The molecule has 2 nitrogen and oxygen atoms in total. The summed E-state index contributed by atoms with van der Waals surface area (Å²) >= 11 is 1.84. The summed E-state index contributed by atoms with van der Waals surface area (Å²) in [5.74, 6) is 1.70. The first-order valence-electron chi connectivity index (χ1n) is 6.21. The number of nitrogens with one attached hydrogen (secondary N) is 1. The Bertz CT molecular complexity index is 424. The van der Waals surface area contributed by atoms with Gasteiger partial charge in [-0.2, -0.15) is 11.8 Å². The minimum absolute atomic E-state index is 0.0146. The summed E-state index contributed by atoms with van der Waals surface area (Å²) in [5, 5.41) is 13.2. The summed E-state index contributed by atoms with van der Waals surface area (Å²) in [6.07, 6.45) is 1.04. The first-order chi connectivity index (χ1) is 8.49. The zero-order chi connectivity index (χ0) is 13.2. The lowest BCUT2D eigenvalue weighted by Crippen LogP contribution is -2.58. The van der Waals surface area contributed by atoms with Gasteiger partial charge < -0.3 is 10.4 Å². The van der Waals surface area contributed by atoms with Gasteiger partial charge >= 0.3 is 0 Å². The Hall–Kier alpha value is -0.740. The molecule has 1 heterocycles. The van der Waals surface area contributed by atoms with Crippen LogP contribution in [0.4, 0.5) is 10.1 Å². The van der Waals surface area contributed by atoms with Crippen LogP contribution in [0.1, 0.15) is 20.3 Å². The van der Waals surface area contributed by atoms with Gasteiger partial charge in [-0.05, 0) is 35.8 Å². The van der Waals surface area contributed by atoms with Gasteiger partial charge in [0.15, 0.2) is 0 Å². The standard InChI is InChI=1S/C14H20FNOS/c1-13(2)6-7-18-10-14(13,9-17)16-12-5-3-4-11(15)8-12/h3-5,8,16-17H,6-7,9-10H2,1-2H3. The van der Waals surface area contributed by atoms with Crippen LogP contribution < -0.4 is 5.32 Å². The predicted octanol–water partition coefficient (Wildman–Crippen LogP) is 3.13. The number of halogens is 1. The fourth-order valence-corrected chi connectivity index (χ4v) is 4.06. The molecular formula is C14H20FNOS. The maximum atomic E-state index is 13.2. The zero-order valence-electron chi connectivity index (χ0n) is 10.9. The zero-order valence-corrected chi connectivity index (χ0v) is 11.7. The molecule has 1 unspecified atom stereocenters. The number of benzene rings is 1. The van der Waals surface area contributed by atoms with Gasteiger partial charge in [0.05, 0.1) is 12.1 Å². The summed E-state index contributed by atoms with van der Waals surface area (Å²) < 4.78 is 13.2. The molecule has 1 aromatic rings. The first-order valence-corrected chi connectivity index (χ1v) is 7.37. The lowest BCUT2D eigenvalue weighted by atomic mass is 9.71. The number of hydrogen-bond acceptors (Lipinski definition) is 3. The lowest BCUT2D eigenvalue weighted by molar-refractivity contribution is 0.110. The number of anilines is 1. The molecule has 0 amide bonds. The van der Waals surface area contributed by atoms with E-state index in [1.54, 1.807) is 6.07 Å². The minimum Gasteiger partial charge on any atom is -0.394 e. The van der Waals surface area contributed by atoms with E-state index >= 15 is 0 Å². The summed E-state index contributed by atoms with van der Waals surface area (Å²) in [6.45, 7) is 4.38. The van der Waals surface area contributed by atoms with Crippen LogP contribution in [0.2, 0.25) is 0 Å². The molecule has 1 aromatic carbocycles. The Kier molecular flexibility index (Phi) is 3.87. The summed E-state index contributed by atoms with van der Waals surface area (Å²) in [5.41, 5.74) is 0.336. The molecule has 1 fully saturated rings. The maximum absolute atomic E-state index is 13.2. The number of aliphatic hydroxyl groups is 1. The molecule has 0 radical (unpaired) electrons. The largest absolute Gasteiger partial charge is 0.394 e. The SMILES string of the molecule is CC1(C)CCSCC1(CO)Nc1cccc(F)c1. The van der Waals surface area contributed by atoms with E-state index in [0.717, 1.165) is 23.6 Å². The van der Waals surface area contributed by atoms with Crippen molar-refractivity contribution in [2.45, 2.75) is 25.8 Å². The van der Waals surface area contributed by atoms with Gasteiger partial charge in [0, 0.05) is 11.4 Å². The summed E-state index contributed by atoms with van der Waals surface area (Å²) in [6, 6.07) is 6.44. The molecule has 2 N–H and O–H groups in total. The molecule has 0 saturated carbocycles. The van der Waals surface area contributed by atoms with Gasteiger partial charge in [0.2, 0.25) is 0 Å². The Morgan fingerprint density at radius 2 is 2.22 bits per heavy atom. The Labute approximate surface area is 112 Å². The second-order valence-electron chi connectivity index (χ2n) is 5.56. The third-order valence-corrected chi connectivity index (χ3v) is 5.18. The van der Waals surface area contributed by atoms with E-state index < -0.39 is 0 Å². The van der Waals surface area contributed by atoms with Crippen molar-refractivity contribution in [2.24, 2.45) is 5.41 Å². The summed E-state index contributed by atoms with van der Waals surface area (Å²) in [7, 11) is 0. The van der Waals surface area contributed by atoms with Crippen LogP contribution in [-0.2, 0) is 0 Å². The van der Waals surface area contributed by atoms with E-state index in [1.165, 1.54) is 12.1 Å². The molecule has 18 heavy (non-hydrogen) atoms. The van der Waals surface area contributed by atoms with Crippen LogP contribution in [0.15, 0.2) is 24.3 Å². The molecule has 2 rings (SSSR count). The highest BCUT2D eigenvalue weighted by Crippen LogP contribution is 2.44. The topological polar surface area (TPSA) is 32.3 Å². The van der Waals surface area contributed by atoms with Gasteiger partial charge in [-0.15, -0.1) is 0 Å².